The molecule has 0 aromatic carbocycles. The highest BCUT2D eigenvalue weighted by molar-refractivity contribution is 7.93. The minimum atomic E-state index is -4.02. The maximum absolute atomic E-state index is 13.1. The minimum Gasteiger partial charge on any atom is -0.481 e. The van der Waals surface area contributed by atoms with E-state index in [4.69, 9.17) is 15.2 Å². The van der Waals surface area contributed by atoms with Crippen molar-refractivity contribution in [3.63, 3.8) is 0 Å². The van der Waals surface area contributed by atoms with Crippen molar-refractivity contribution in [2.24, 2.45) is 10.7 Å². The first-order valence-corrected chi connectivity index (χ1v) is 11.0. The molecule has 0 radical (unpaired) electrons. The second kappa shape index (κ2) is 9.70. The molecule has 2 atom stereocenters. The van der Waals surface area contributed by atoms with Gasteiger partial charge in [0.05, 0.1) is 19.0 Å². The Morgan fingerprint density at radius 1 is 1.22 bits per heavy atom. The fourth-order valence-electron chi connectivity index (χ4n) is 2.96. The van der Waals surface area contributed by atoms with Crippen molar-refractivity contribution in [1.82, 2.24) is 24.7 Å². The number of rotatable bonds is 9. The zero-order valence-corrected chi connectivity index (χ0v) is 18.8. The highest BCUT2D eigenvalue weighted by Crippen LogP contribution is 2.26. The van der Waals surface area contributed by atoms with E-state index in [-0.39, 0.29) is 11.8 Å². The number of hydrogen-bond acceptors (Lipinski definition) is 9. The molecule has 0 saturated carbocycles. The van der Waals surface area contributed by atoms with Crippen molar-refractivity contribution in [2.45, 2.75) is 18.3 Å². The maximum atomic E-state index is 13.1. The average Bonchev–Trinajstić information content (AvgIpc) is 3.22. The van der Waals surface area contributed by atoms with E-state index in [0.29, 0.717) is 23.1 Å². The van der Waals surface area contributed by atoms with Gasteiger partial charge in [-0.1, -0.05) is 6.07 Å². The van der Waals surface area contributed by atoms with Crippen LogP contribution in [0.5, 0.6) is 5.88 Å². The molecule has 0 aliphatic rings. The second-order valence-corrected chi connectivity index (χ2v) is 8.65. The van der Waals surface area contributed by atoms with Gasteiger partial charge >= 0.3 is 0 Å². The number of amidine groups is 1. The van der Waals surface area contributed by atoms with Gasteiger partial charge in [0, 0.05) is 26.4 Å². The van der Waals surface area contributed by atoms with Crippen LogP contribution in [0.4, 0.5) is 5.95 Å². The molecule has 3 heterocycles. The molecule has 0 saturated heterocycles. The molecular formula is C19H24N8O4S. The van der Waals surface area contributed by atoms with Crippen molar-refractivity contribution in [1.29, 1.82) is 0 Å². The van der Waals surface area contributed by atoms with E-state index in [1.807, 2.05) is 0 Å². The number of pyridine rings is 2. The number of methoxy groups -OCH3 is 2. The topological polar surface area (TPSA) is 160 Å². The predicted octanol–water partition coefficient (Wildman–Crippen LogP) is 0.865. The first kappa shape index (κ1) is 23.1. The summed E-state index contributed by atoms with van der Waals surface area (Å²) >= 11 is 0. The van der Waals surface area contributed by atoms with E-state index in [1.165, 1.54) is 32.8 Å². The molecule has 32 heavy (non-hydrogen) atoms. The summed E-state index contributed by atoms with van der Waals surface area (Å²) in [4.78, 5) is 12.3. The Labute approximate surface area is 185 Å². The molecule has 12 nitrogen and oxygen atoms in total. The normalized spacial score (nSPS) is 14.1. The number of anilines is 1. The summed E-state index contributed by atoms with van der Waals surface area (Å²) in [6.45, 7) is 1.46. The van der Waals surface area contributed by atoms with Crippen LogP contribution in [-0.2, 0) is 14.8 Å². The number of sulfonamides is 1. The molecule has 3 aromatic rings. The Morgan fingerprint density at radius 3 is 2.62 bits per heavy atom. The molecule has 0 unspecified atom stereocenters. The van der Waals surface area contributed by atoms with Gasteiger partial charge in [-0.3, -0.25) is 19.3 Å². The fourth-order valence-corrected chi connectivity index (χ4v) is 4.11. The fraction of sp³-hybridized carbons (Fsp3) is 0.316. The lowest BCUT2D eigenvalue weighted by atomic mass is 10.2. The molecule has 3 rings (SSSR count). The largest absolute Gasteiger partial charge is 0.481 e. The van der Waals surface area contributed by atoms with E-state index in [0.717, 1.165) is 0 Å². The van der Waals surface area contributed by atoms with Gasteiger partial charge in [0.1, 0.15) is 22.9 Å². The average molecular weight is 461 g/mol. The van der Waals surface area contributed by atoms with Crippen LogP contribution >= 0.6 is 0 Å². The van der Waals surface area contributed by atoms with Crippen LogP contribution in [0.15, 0.2) is 47.7 Å². The zero-order valence-electron chi connectivity index (χ0n) is 18.0. The van der Waals surface area contributed by atoms with E-state index >= 15 is 0 Å². The van der Waals surface area contributed by atoms with Crippen LogP contribution in [0, 0.1) is 0 Å². The number of aliphatic imine (C=N–C) groups is 1. The lowest BCUT2D eigenvalue weighted by Gasteiger charge is -2.22. The van der Waals surface area contributed by atoms with Gasteiger partial charge in [0.15, 0.2) is 5.82 Å². The molecular weight excluding hydrogens is 436 g/mol. The first-order chi connectivity index (χ1) is 15.3. The van der Waals surface area contributed by atoms with Crippen LogP contribution in [0.25, 0.3) is 17.2 Å². The number of ether oxygens (including phenoxy) is 2. The van der Waals surface area contributed by atoms with Gasteiger partial charge in [-0.15, -0.1) is 10.2 Å². The third kappa shape index (κ3) is 4.68. The molecule has 0 amide bonds. The Bertz CT molecular complexity index is 1200. The SMILES string of the molecule is CN=C(N)[C@@H](OC)[C@H](C)S(=O)(=O)Nc1nnc(-c2cccc(OC)n2)n1-c1cccnc1. The molecule has 13 heteroatoms. The Balaban J connectivity index is 2.08. The molecule has 0 aliphatic heterocycles. The summed E-state index contributed by atoms with van der Waals surface area (Å²) < 4.78 is 40.6. The molecule has 0 spiro atoms. The summed E-state index contributed by atoms with van der Waals surface area (Å²) in [6.07, 6.45) is 2.19. The Morgan fingerprint density at radius 2 is 2.00 bits per heavy atom. The van der Waals surface area contributed by atoms with Gasteiger partial charge in [0.2, 0.25) is 21.9 Å². The highest BCUT2D eigenvalue weighted by atomic mass is 32.2. The molecule has 0 aliphatic carbocycles. The van der Waals surface area contributed by atoms with Gasteiger partial charge in [-0.2, -0.15) is 0 Å². The van der Waals surface area contributed by atoms with Crippen LogP contribution in [0.2, 0.25) is 0 Å². The number of nitrogens with two attached hydrogens (primary N) is 1. The van der Waals surface area contributed by atoms with Gasteiger partial charge < -0.3 is 15.2 Å². The third-order valence-electron chi connectivity index (χ3n) is 4.68. The van der Waals surface area contributed by atoms with Crippen molar-refractivity contribution < 1.29 is 17.9 Å². The minimum absolute atomic E-state index is 0.0497. The molecule has 0 fully saturated rings. The number of nitrogens with zero attached hydrogens (tertiary/aromatic N) is 6. The third-order valence-corrected chi connectivity index (χ3v) is 6.38. The molecule has 170 valence electrons. The van der Waals surface area contributed by atoms with E-state index in [9.17, 15) is 8.42 Å². The van der Waals surface area contributed by atoms with Crippen molar-refractivity contribution >= 4 is 21.8 Å². The lowest BCUT2D eigenvalue weighted by Crippen LogP contribution is -2.45. The Kier molecular flexibility index (Phi) is 7.00. The van der Waals surface area contributed by atoms with Crippen molar-refractivity contribution in [3.05, 3.63) is 42.7 Å². The monoisotopic (exact) mass is 460 g/mol. The quantitative estimate of drug-likeness (QED) is 0.349. The summed E-state index contributed by atoms with van der Waals surface area (Å²) in [5.41, 5.74) is 6.77. The summed E-state index contributed by atoms with van der Waals surface area (Å²) in [7, 11) is 0.299. The van der Waals surface area contributed by atoms with E-state index < -0.39 is 21.4 Å². The van der Waals surface area contributed by atoms with Crippen LogP contribution in [-0.4, -0.2) is 71.6 Å². The number of nitrogens with one attached hydrogen (secondary N) is 1. The molecule has 0 bridgehead atoms. The standard InChI is InChI=1S/C19H24N8O4S/c1-12(16(31-4)17(20)21-2)32(28,29)26-19-25-24-18(14-8-5-9-15(23-14)30-3)27(19)13-7-6-10-22-11-13/h5-12,16H,1-4H3,(H2,20,21)(H,25,26)/t12-,16-/m0/s1. The van der Waals surface area contributed by atoms with Crippen molar-refractivity contribution in [2.75, 3.05) is 26.0 Å². The smallest absolute Gasteiger partial charge is 0.243 e. The summed E-state index contributed by atoms with van der Waals surface area (Å²) in [5.74, 6) is 0.670. The number of aromatic nitrogens is 5. The summed E-state index contributed by atoms with van der Waals surface area (Å²) in [6, 6.07) is 8.58. The van der Waals surface area contributed by atoms with Gasteiger partial charge in [-0.05, 0) is 25.1 Å². The van der Waals surface area contributed by atoms with Crippen molar-refractivity contribution in [3.8, 4) is 23.1 Å². The Hall–Kier alpha value is -3.58. The maximum Gasteiger partial charge on any atom is 0.243 e. The lowest BCUT2D eigenvalue weighted by molar-refractivity contribution is 0.153. The van der Waals surface area contributed by atoms with E-state index in [2.05, 4.69) is 29.9 Å². The van der Waals surface area contributed by atoms with Crippen LogP contribution < -0.4 is 15.2 Å². The first-order valence-electron chi connectivity index (χ1n) is 9.46. The zero-order chi connectivity index (χ0) is 23.3. The highest BCUT2D eigenvalue weighted by Gasteiger charge is 2.34. The van der Waals surface area contributed by atoms with E-state index in [1.54, 1.807) is 42.7 Å². The predicted molar refractivity (Wildman–Crippen MR) is 119 cm³/mol. The van der Waals surface area contributed by atoms with Gasteiger partial charge in [0.25, 0.3) is 0 Å². The van der Waals surface area contributed by atoms with Gasteiger partial charge in [-0.25, -0.2) is 13.4 Å². The number of hydrogen-bond donors (Lipinski definition) is 2. The van der Waals surface area contributed by atoms with Crippen LogP contribution in [0.3, 0.4) is 0 Å². The second-order valence-electron chi connectivity index (χ2n) is 6.62. The van der Waals surface area contributed by atoms with Crippen LogP contribution in [0.1, 0.15) is 6.92 Å². The summed E-state index contributed by atoms with van der Waals surface area (Å²) in [5, 5.41) is 7.14. The molecule has 3 aromatic heterocycles. The molecule has 3 N–H and O–H groups in total.